The van der Waals surface area contributed by atoms with E-state index in [4.69, 9.17) is 0 Å². The summed E-state index contributed by atoms with van der Waals surface area (Å²) in [6.07, 6.45) is 3.68. The number of methoxy groups -OCH3 is 1. The van der Waals surface area contributed by atoms with Crippen LogP contribution in [0.15, 0.2) is 17.0 Å². The summed E-state index contributed by atoms with van der Waals surface area (Å²) in [5.41, 5.74) is 0.500. The van der Waals surface area contributed by atoms with Crippen molar-refractivity contribution in [3.8, 4) is 11.5 Å². The highest BCUT2D eigenvalue weighted by molar-refractivity contribution is 7.98. The van der Waals surface area contributed by atoms with Crippen LogP contribution in [0, 0.1) is 0 Å². The highest BCUT2D eigenvalue weighted by Crippen LogP contribution is 2.41. The van der Waals surface area contributed by atoms with Gasteiger partial charge in [-0.05, 0) is 30.6 Å². The molecule has 0 aliphatic heterocycles. The highest BCUT2D eigenvalue weighted by atomic mass is 32.2. The van der Waals surface area contributed by atoms with Crippen LogP contribution in [-0.4, -0.2) is 29.5 Å². The summed E-state index contributed by atoms with van der Waals surface area (Å²) in [5, 5.41) is 19.8. The van der Waals surface area contributed by atoms with E-state index in [2.05, 4.69) is 4.74 Å². The number of carbonyl (C=O) groups excluding carboxylic acids is 1. The van der Waals surface area contributed by atoms with E-state index in [1.165, 1.54) is 24.9 Å². The van der Waals surface area contributed by atoms with Gasteiger partial charge in [0.05, 0.1) is 7.11 Å². The van der Waals surface area contributed by atoms with Gasteiger partial charge in [0.2, 0.25) is 0 Å². The Hall–Kier alpha value is -1.36. The maximum atomic E-state index is 11.1. The molecule has 0 atom stereocenters. The molecule has 0 amide bonds. The second kappa shape index (κ2) is 6.88. The number of phenols is 2. The van der Waals surface area contributed by atoms with Crippen LogP contribution < -0.4 is 0 Å². The van der Waals surface area contributed by atoms with Crippen LogP contribution in [0.3, 0.4) is 0 Å². The lowest BCUT2D eigenvalue weighted by Gasteiger charge is -2.26. The third-order valence-electron chi connectivity index (χ3n) is 3.44. The fourth-order valence-corrected chi connectivity index (χ4v) is 2.68. The van der Waals surface area contributed by atoms with E-state index >= 15 is 0 Å². The van der Waals surface area contributed by atoms with Crippen LogP contribution in [0.5, 0.6) is 11.5 Å². The monoisotopic (exact) mass is 298 g/mol. The van der Waals surface area contributed by atoms with Gasteiger partial charge in [-0.25, -0.2) is 0 Å². The maximum absolute atomic E-state index is 11.1. The number of hydrogen-bond acceptors (Lipinski definition) is 5. The van der Waals surface area contributed by atoms with Gasteiger partial charge in [0, 0.05) is 22.9 Å². The van der Waals surface area contributed by atoms with E-state index in [0.29, 0.717) is 12.8 Å². The molecule has 0 heterocycles. The number of rotatable bonds is 6. The minimum atomic E-state index is -0.281. The number of phenolic OH excluding ortho intramolecular Hbond substituents is 2. The predicted octanol–water partition coefficient (Wildman–Crippen LogP) is 3.44. The van der Waals surface area contributed by atoms with Gasteiger partial charge < -0.3 is 14.9 Å². The molecule has 0 spiro atoms. The zero-order valence-corrected chi connectivity index (χ0v) is 13.2. The molecular weight excluding hydrogens is 276 g/mol. The molecule has 0 fully saturated rings. The van der Waals surface area contributed by atoms with Gasteiger partial charge >= 0.3 is 5.97 Å². The molecule has 0 unspecified atom stereocenters. The first-order valence-corrected chi connectivity index (χ1v) is 7.71. The Morgan fingerprint density at radius 3 is 2.50 bits per heavy atom. The molecule has 1 aromatic carbocycles. The van der Waals surface area contributed by atoms with Gasteiger partial charge in [-0.1, -0.05) is 13.8 Å². The molecule has 0 aliphatic carbocycles. The Morgan fingerprint density at radius 2 is 1.95 bits per heavy atom. The summed E-state index contributed by atoms with van der Waals surface area (Å²) < 4.78 is 4.62. The molecule has 0 radical (unpaired) electrons. The molecule has 112 valence electrons. The molecule has 0 aromatic heterocycles. The van der Waals surface area contributed by atoms with Crippen LogP contribution in [0.4, 0.5) is 0 Å². The van der Waals surface area contributed by atoms with Gasteiger partial charge in [0.15, 0.2) is 0 Å². The Bertz CT molecular complexity index is 483. The van der Waals surface area contributed by atoms with Gasteiger partial charge in [-0.15, -0.1) is 11.8 Å². The summed E-state index contributed by atoms with van der Waals surface area (Å²) in [6, 6.07) is 3.19. The van der Waals surface area contributed by atoms with Gasteiger partial charge in [0.25, 0.3) is 0 Å². The molecule has 2 N–H and O–H groups in total. The molecule has 5 heteroatoms. The van der Waals surface area contributed by atoms with Gasteiger partial charge in [0.1, 0.15) is 11.5 Å². The zero-order valence-electron chi connectivity index (χ0n) is 12.4. The third-order valence-corrected chi connectivity index (χ3v) is 4.20. The quantitative estimate of drug-likeness (QED) is 0.622. The summed E-state index contributed by atoms with van der Waals surface area (Å²) >= 11 is 1.43. The van der Waals surface area contributed by atoms with Crippen molar-refractivity contribution in [3.05, 3.63) is 17.7 Å². The van der Waals surface area contributed by atoms with Crippen molar-refractivity contribution >= 4 is 17.7 Å². The number of hydrogen-bond donors (Lipinski definition) is 2. The number of esters is 1. The number of thioether (sulfide) groups is 1. The van der Waals surface area contributed by atoms with Gasteiger partial charge in [-0.3, -0.25) is 4.79 Å². The normalized spacial score (nSPS) is 11.4. The van der Waals surface area contributed by atoms with Crippen LogP contribution in [0.25, 0.3) is 0 Å². The minimum Gasteiger partial charge on any atom is -0.508 e. The van der Waals surface area contributed by atoms with Crippen LogP contribution in [-0.2, 0) is 14.9 Å². The SMILES string of the molecule is COC(=O)CCCC(C)(C)c1cc(SC)c(O)cc1O. The van der Waals surface area contributed by atoms with E-state index in [1.807, 2.05) is 26.2 Å². The zero-order chi connectivity index (χ0) is 15.3. The lowest BCUT2D eigenvalue weighted by atomic mass is 9.79. The molecule has 4 nitrogen and oxygen atoms in total. The Kier molecular flexibility index (Phi) is 5.74. The molecule has 0 aliphatic rings. The summed E-state index contributed by atoms with van der Waals surface area (Å²) in [5.74, 6) is -0.0481. The first kappa shape index (κ1) is 16.7. The van der Waals surface area contributed by atoms with Crippen molar-refractivity contribution < 1.29 is 19.7 Å². The van der Waals surface area contributed by atoms with Crippen LogP contribution in [0.2, 0.25) is 0 Å². The smallest absolute Gasteiger partial charge is 0.305 e. The molecule has 0 bridgehead atoms. The van der Waals surface area contributed by atoms with Crippen molar-refractivity contribution in [3.63, 3.8) is 0 Å². The van der Waals surface area contributed by atoms with Crippen molar-refractivity contribution in [2.24, 2.45) is 0 Å². The van der Waals surface area contributed by atoms with Crippen molar-refractivity contribution in [1.29, 1.82) is 0 Å². The largest absolute Gasteiger partial charge is 0.508 e. The molecular formula is C15H22O4S. The van der Waals surface area contributed by atoms with E-state index in [-0.39, 0.29) is 22.9 Å². The molecule has 1 rings (SSSR count). The lowest BCUT2D eigenvalue weighted by Crippen LogP contribution is -2.18. The first-order valence-electron chi connectivity index (χ1n) is 6.49. The van der Waals surface area contributed by atoms with E-state index in [0.717, 1.165) is 16.9 Å². The standard InChI is InChI=1S/C15H22O4S/c1-15(2,7-5-6-14(18)19-3)10-8-13(20-4)12(17)9-11(10)16/h8-9,16-17H,5-7H2,1-4H3. The Morgan fingerprint density at radius 1 is 1.30 bits per heavy atom. The lowest BCUT2D eigenvalue weighted by molar-refractivity contribution is -0.140. The van der Waals surface area contributed by atoms with Gasteiger partial charge in [-0.2, -0.15) is 0 Å². The van der Waals surface area contributed by atoms with E-state index < -0.39 is 0 Å². The first-order chi connectivity index (χ1) is 9.31. The Labute approximate surface area is 124 Å². The maximum Gasteiger partial charge on any atom is 0.305 e. The fraction of sp³-hybridized carbons (Fsp3) is 0.533. The van der Waals surface area contributed by atoms with Crippen LogP contribution in [0.1, 0.15) is 38.7 Å². The van der Waals surface area contributed by atoms with E-state index in [9.17, 15) is 15.0 Å². The second-order valence-corrected chi connectivity index (χ2v) is 6.20. The molecule has 1 aromatic rings. The molecule has 0 saturated heterocycles. The fourth-order valence-electron chi connectivity index (χ4n) is 2.17. The molecule has 0 saturated carbocycles. The summed E-state index contributed by atoms with van der Waals surface area (Å²) in [4.78, 5) is 11.9. The number of carbonyl (C=O) groups is 1. The van der Waals surface area contributed by atoms with E-state index in [1.54, 1.807) is 0 Å². The topological polar surface area (TPSA) is 66.8 Å². The van der Waals surface area contributed by atoms with Crippen molar-refractivity contribution in [1.82, 2.24) is 0 Å². The third kappa shape index (κ3) is 4.07. The van der Waals surface area contributed by atoms with Crippen molar-refractivity contribution in [2.45, 2.75) is 43.4 Å². The summed E-state index contributed by atoms with van der Waals surface area (Å²) in [6.45, 7) is 4.03. The highest BCUT2D eigenvalue weighted by Gasteiger charge is 2.25. The van der Waals surface area contributed by atoms with Crippen LogP contribution >= 0.6 is 11.8 Å². The van der Waals surface area contributed by atoms with Crippen molar-refractivity contribution in [2.75, 3.05) is 13.4 Å². The number of ether oxygens (including phenoxy) is 1. The Balaban J connectivity index is 2.88. The average molecular weight is 298 g/mol. The summed E-state index contributed by atoms with van der Waals surface area (Å²) in [7, 11) is 1.38. The number of aromatic hydroxyl groups is 2. The predicted molar refractivity (Wildman–Crippen MR) is 80.4 cm³/mol. The molecule has 20 heavy (non-hydrogen) atoms. The average Bonchev–Trinajstić information content (AvgIpc) is 2.38. The second-order valence-electron chi connectivity index (χ2n) is 5.35. The minimum absolute atomic E-state index is 0.0865. The number of benzene rings is 1.